The lowest BCUT2D eigenvalue weighted by Crippen LogP contribution is -2.54. The molecule has 0 fully saturated rings. The Hall–Kier alpha value is -1.86. The number of alkyl carbamates (subject to hydrolysis) is 1. The van der Waals surface area contributed by atoms with Gasteiger partial charge in [0.25, 0.3) is 5.91 Å². The van der Waals surface area contributed by atoms with Gasteiger partial charge in [-0.3, -0.25) is 10.1 Å². The van der Waals surface area contributed by atoms with E-state index in [0.717, 1.165) is 14.6 Å². The number of nitrogens with one attached hydrogen (secondary N) is 1. The van der Waals surface area contributed by atoms with Gasteiger partial charge in [-0.05, 0) is 56.7 Å². The fourth-order valence-electron chi connectivity index (χ4n) is 3.21. The second-order valence-corrected chi connectivity index (χ2v) is 9.24. The molecule has 0 spiro atoms. The SMILES string of the molecule is CN1C(=O)C(NC(=O)OC(C)(C)C)(c2ccc(Br)cc2)c2cc(Br)ccc21. The number of halogens is 2. The Morgan fingerprint density at radius 2 is 1.67 bits per heavy atom. The smallest absolute Gasteiger partial charge is 0.409 e. The van der Waals surface area contributed by atoms with E-state index in [2.05, 4.69) is 37.2 Å². The molecule has 0 aliphatic carbocycles. The zero-order chi connectivity index (χ0) is 20.0. The highest BCUT2D eigenvalue weighted by atomic mass is 79.9. The molecule has 5 nitrogen and oxygen atoms in total. The van der Waals surface area contributed by atoms with Gasteiger partial charge in [0.1, 0.15) is 5.60 Å². The van der Waals surface area contributed by atoms with E-state index >= 15 is 0 Å². The Balaban J connectivity index is 2.20. The van der Waals surface area contributed by atoms with E-state index < -0.39 is 17.2 Å². The Morgan fingerprint density at radius 1 is 1.07 bits per heavy atom. The Labute approximate surface area is 175 Å². The maximum Gasteiger partial charge on any atom is 0.409 e. The zero-order valence-electron chi connectivity index (χ0n) is 15.5. The van der Waals surface area contributed by atoms with E-state index in [0.29, 0.717) is 11.1 Å². The van der Waals surface area contributed by atoms with Crippen molar-refractivity contribution in [3.05, 3.63) is 62.5 Å². The molecule has 3 rings (SSSR count). The number of hydrogen-bond acceptors (Lipinski definition) is 3. The number of amides is 2. The fraction of sp³-hybridized carbons (Fsp3) is 0.300. The summed E-state index contributed by atoms with van der Waals surface area (Å²) in [5, 5.41) is 2.86. The van der Waals surface area contributed by atoms with Crippen LogP contribution < -0.4 is 10.2 Å². The summed E-state index contributed by atoms with van der Waals surface area (Å²) in [7, 11) is 1.70. The van der Waals surface area contributed by atoms with Gasteiger partial charge in [-0.2, -0.15) is 0 Å². The topological polar surface area (TPSA) is 58.6 Å². The molecule has 7 heteroatoms. The van der Waals surface area contributed by atoms with Crippen LogP contribution in [0.5, 0.6) is 0 Å². The maximum absolute atomic E-state index is 13.4. The zero-order valence-corrected chi connectivity index (χ0v) is 18.6. The molecule has 1 N–H and O–H groups in total. The molecule has 1 atom stereocenters. The quantitative estimate of drug-likeness (QED) is 0.640. The number of benzene rings is 2. The van der Waals surface area contributed by atoms with Crippen LogP contribution >= 0.6 is 31.9 Å². The van der Waals surface area contributed by atoms with Crippen LogP contribution in [0, 0.1) is 0 Å². The summed E-state index contributed by atoms with van der Waals surface area (Å²) >= 11 is 6.89. The lowest BCUT2D eigenvalue weighted by atomic mass is 9.84. The maximum atomic E-state index is 13.4. The third-order valence-corrected chi connectivity index (χ3v) is 5.34. The van der Waals surface area contributed by atoms with Crippen LogP contribution in [0.4, 0.5) is 10.5 Å². The normalized spacial score (nSPS) is 19.0. The van der Waals surface area contributed by atoms with Crippen molar-refractivity contribution >= 4 is 49.5 Å². The summed E-state index contributed by atoms with van der Waals surface area (Å²) in [6.45, 7) is 5.35. The van der Waals surface area contributed by atoms with E-state index in [-0.39, 0.29) is 5.91 Å². The number of hydrogen-bond donors (Lipinski definition) is 1. The van der Waals surface area contributed by atoms with Crippen LogP contribution in [0.15, 0.2) is 51.4 Å². The summed E-state index contributed by atoms with van der Waals surface area (Å²) in [5.74, 6) is -0.246. The third-order valence-electron chi connectivity index (χ3n) is 4.32. The van der Waals surface area contributed by atoms with Gasteiger partial charge in [0, 0.05) is 27.2 Å². The van der Waals surface area contributed by atoms with Crippen molar-refractivity contribution in [1.82, 2.24) is 5.32 Å². The number of anilines is 1. The van der Waals surface area contributed by atoms with Crippen molar-refractivity contribution < 1.29 is 14.3 Å². The van der Waals surface area contributed by atoms with Gasteiger partial charge < -0.3 is 9.64 Å². The molecule has 0 saturated heterocycles. The highest BCUT2D eigenvalue weighted by Gasteiger charge is 2.53. The van der Waals surface area contributed by atoms with Crippen molar-refractivity contribution in [3.63, 3.8) is 0 Å². The monoisotopic (exact) mass is 494 g/mol. The molecule has 27 heavy (non-hydrogen) atoms. The van der Waals surface area contributed by atoms with Gasteiger partial charge in [0.2, 0.25) is 0 Å². The molecular weight excluding hydrogens is 476 g/mol. The van der Waals surface area contributed by atoms with E-state index in [1.807, 2.05) is 42.5 Å². The van der Waals surface area contributed by atoms with Crippen molar-refractivity contribution in [2.24, 2.45) is 0 Å². The first-order valence-electron chi connectivity index (χ1n) is 8.40. The second kappa shape index (κ2) is 6.95. The number of ether oxygens (including phenoxy) is 1. The van der Waals surface area contributed by atoms with Gasteiger partial charge in [0.05, 0.1) is 0 Å². The molecule has 2 aromatic rings. The number of nitrogens with zero attached hydrogens (tertiary/aromatic N) is 1. The minimum absolute atomic E-state index is 0.246. The first-order chi connectivity index (χ1) is 12.5. The largest absolute Gasteiger partial charge is 0.444 e. The molecular formula is C20H20Br2N2O3. The predicted octanol–water partition coefficient (Wildman–Crippen LogP) is 4.96. The molecule has 1 unspecified atom stereocenters. The summed E-state index contributed by atoms with van der Waals surface area (Å²) in [4.78, 5) is 27.6. The van der Waals surface area contributed by atoms with Crippen LogP contribution in [0.25, 0.3) is 0 Å². The van der Waals surface area contributed by atoms with Crippen molar-refractivity contribution in [2.45, 2.75) is 31.9 Å². The molecule has 1 heterocycles. The summed E-state index contributed by atoms with van der Waals surface area (Å²) in [6, 6.07) is 12.9. The molecule has 0 saturated carbocycles. The minimum Gasteiger partial charge on any atom is -0.444 e. The number of likely N-dealkylation sites (N-methyl/N-ethyl adjacent to an activating group) is 1. The summed E-state index contributed by atoms with van der Waals surface area (Å²) in [5.41, 5.74) is 0.0419. The number of carbonyl (C=O) groups excluding carboxylic acids is 2. The minimum atomic E-state index is -1.36. The third kappa shape index (κ3) is 3.62. The Bertz CT molecular complexity index is 906. The van der Waals surface area contributed by atoms with Crippen molar-refractivity contribution in [1.29, 1.82) is 0 Å². The van der Waals surface area contributed by atoms with E-state index in [1.165, 1.54) is 0 Å². The van der Waals surface area contributed by atoms with Crippen LogP contribution in [-0.4, -0.2) is 24.6 Å². The van der Waals surface area contributed by atoms with Crippen LogP contribution in [-0.2, 0) is 15.1 Å². The molecule has 2 amide bonds. The second-order valence-electron chi connectivity index (χ2n) is 7.41. The van der Waals surface area contributed by atoms with E-state index in [9.17, 15) is 9.59 Å². The standard InChI is InChI=1S/C20H20Br2N2O3/c1-19(2,3)27-18(26)23-20(12-5-7-13(21)8-6-12)15-11-14(22)9-10-16(15)24(4)17(20)25/h5-11H,1-4H3,(H,23,26). The average Bonchev–Trinajstić information content (AvgIpc) is 2.76. The molecule has 0 bridgehead atoms. The van der Waals surface area contributed by atoms with Gasteiger partial charge in [0.15, 0.2) is 5.54 Å². The number of carbonyl (C=O) groups is 2. The molecule has 0 aromatic heterocycles. The van der Waals surface area contributed by atoms with Crippen LogP contribution in [0.2, 0.25) is 0 Å². The fourth-order valence-corrected chi connectivity index (χ4v) is 3.83. The molecule has 1 aliphatic heterocycles. The summed E-state index contributed by atoms with van der Waals surface area (Å²) < 4.78 is 7.15. The number of rotatable bonds is 2. The molecule has 2 aromatic carbocycles. The molecule has 0 radical (unpaired) electrons. The van der Waals surface area contributed by atoms with Crippen molar-refractivity contribution in [3.8, 4) is 0 Å². The highest BCUT2D eigenvalue weighted by Crippen LogP contribution is 2.45. The average molecular weight is 496 g/mol. The molecule has 1 aliphatic rings. The number of fused-ring (bicyclic) bond motifs is 1. The highest BCUT2D eigenvalue weighted by molar-refractivity contribution is 9.10. The van der Waals surface area contributed by atoms with Crippen LogP contribution in [0.3, 0.4) is 0 Å². The Kier molecular flexibility index (Phi) is 5.12. The van der Waals surface area contributed by atoms with Gasteiger partial charge >= 0.3 is 6.09 Å². The summed E-state index contributed by atoms with van der Waals surface area (Å²) in [6.07, 6.45) is -0.653. The first kappa shape index (κ1) is 19.9. The Morgan fingerprint density at radius 3 is 2.26 bits per heavy atom. The molecule has 142 valence electrons. The first-order valence-corrected chi connectivity index (χ1v) is 9.98. The lowest BCUT2D eigenvalue weighted by Gasteiger charge is -2.31. The van der Waals surface area contributed by atoms with Crippen molar-refractivity contribution in [2.75, 3.05) is 11.9 Å². The lowest BCUT2D eigenvalue weighted by molar-refractivity contribution is -0.122. The van der Waals surface area contributed by atoms with Crippen LogP contribution in [0.1, 0.15) is 31.9 Å². The van der Waals surface area contributed by atoms with E-state index in [1.54, 1.807) is 32.7 Å². The van der Waals surface area contributed by atoms with Gasteiger partial charge in [-0.25, -0.2) is 4.79 Å². The van der Waals surface area contributed by atoms with E-state index in [4.69, 9.17) is 4.74 Å². The predicted molar refractivity (Wildman–Crippen MR) is 112 cm³/mol. The van der Waals surface area contributed by atoms with Gasteiger partial charge in [-0.1, -0.05) is 44.0 Å². The van der Waals surface area contributed by atoms with Gasteiger partial charge in [-0.15, -0.1) is 0 Å².